The van der Waals surface area contributed by atoms with Gasteiger partial charge in [0.05, 0.1) is 12.7 Å². The van der Waals surface area contributed by atoms with Crippen molar-refractivity contribution in [2.45, 2.75) is 31.8 Å². The molecule has 0 spiro atoms. The number of amides is 2. The standard InChI is InChI=1S/C12H18N4O3/c17-11(18)8-10-2-1-5-16(10)12(19)14-4-7-15-6-3-13-9-15/h3,6,9-10H,1-2,4-5,7-8H2,(H,14,19)(H,17,18). The lowest BCUT2D eigenvalue weighted by atomic mass is 10.1. The summed E-state index contributed by atoms with van der Waals surface area (Å²) in [5.74, 6) is -0.858. The number of nitrogens with zero attached hydrogens (tertiary/aromatic N) is 3. The van der Waals surface area contributed by atoms with E-state index >= 15 is 0 Å². The van der Waals surface area contributed by atoms with Crippen LogP contribution in [0.5, 0.6) is 0 Å². The van der Waals surface area contributed by atoms with Crippen LogP contribution in [-0.4, -0.2) is 50.7 Å². The Morgan fingerprint density at radius 2 is 2.32 bits per heavy atom. The third-order valence-electron chi connectivity index (χ3n) is 3.25. The van der Waals surface area contributed by atoms with Gasteiger partial charge in [-0.05, 0) is 12.8 Å². The first-order valence-corrected chi connectivity index (χ1v) is 6.39. The lowest BCUT2D eigenvalue weighted by Gasteiger charge is -2.23. The average Bonchev–Trinajstić information content (AvgIpc) is 2.99. The van der Waals surface area contributed by atoms with Gasteiger partial charge in [0.2, 0.25) is 0 Å². The van der Waals surface area contributed by atoms with Gasteiger partial charge in [0, 0.05) is 38.1 Å². The van der Waals surface area contributed by atoms with Crippen molar-refractivity contribution in [1.29, 1.82) is 0 Å². The number of rotatable bonds is 5. The van der Waals surface area contributed by atoms with Crippen molar-refractivity contribution >= 4 is 12.0 Å². The Labute approximate surface area is 111 Å². The van der Waals surface area contributed by atoms with Crippen molar-refractivity contribution in [1.82, 2.24) is 19.8 Å². The van der Waals surface area contributed by atoms with Crippen LogP contribution < -0.4 is 5.32 Å². The highest BCUT2D eigenvalue weighted by Crippen LogP contribution is 2.19. The van der Waals surface area contributed by atoms with E-state index in [4.69, 9.17) is 5.11 Å². The maximum atomic E-state index is 12.0. The van der Waals surface area contributed by atoms with Gasteiger partial charge >= 0.3 is 12.0 Å². The van der Waals surface area contributed by atoms with E-state index in [-0.39, 0.29) is 18.5 Å². The number of carboxylic acid groups (broad SMARTS) is 1. The van der Waals surface area contributed by atoms with E-state index in [1.165, 1.54) is 0 Å². The largest absolute Gasteiger partial charge is 0.481 e. The molecular formula is C12H18N4O3. The normalized spacial score (nSPS) is 18.5. The maximum absolute atomic E-state index is 12.0. The minimum atomic E-state index is -0.858. The molecule has 0 bridgehead atoms. The van der Waals surface area contributed by atoms with Crippen LogP contribution in [0.3, 0.4) is 0 Å². The van der Waals surface area contributed by atoms with Gasteiger partial charge in [0.25, 0.3) is 0 Å². The molecule has 1 aromatic rings. The van der Waals surface area contributed by atoms with E-state index in [2.05, 4.69) is 10.3 Å². The van der Waals surface area contributed by atoms with Gasteiger partial charge in [-0.25, -0.2) is 9.78 Å². The number of nitrogens with one attached hydrogen (secondary N) is 1. The first-order valence-electron chi connectivity index (χ1n) is 6.39. The van der Waals surface area contributed by atoms with E-state index in [9.17, 15) is 9.59 Å². The fourth-order valence-corrected chi connectivity index (χ4v) is 2.33. The molecule has 1 aliphatic rings. The van der Waals surface area contributed by atoms with Gasteiger partial charge in [0.1, 0.15) is 0 Å². The fraction of sp³-hybridized carbons (Fsp3) is 0.583. The number of carbonyl (C=O) groups is 2. The Morgan fingerprint density at radius 3 is 3.00 bits per heavy atom. The molecule has 0 saturated carbocycles. The third-order valence-corrected chi connectivity index (χ3v) is 3.25. The van der Waals surface area contributed by atoms with Crippen LogP contribution in [0.1, 0.15) is 19.3 Å². The summed E-state index contributed by atoms with van der Waals surface area (Å²) in [4.78, 5) is 28.2. The minimum Gasteiger partial charge on any atom is -0.481 e. The van der Waals surface area contributed by atoms with Crippen LogP contribution in [0.4, 0.5) is 4.79 Å². The molecule has 1 fully saturated rings. The van der Waals surface area contributed by atoms with Crippen LogP contribution in [0.25, 0.3) is 0 Å². The molecule has 7 nitrogen and oxygen atoms in total. The number of imidazole rings is 1. The summed E-state index contributed by atoms with van der Waals surface area (Å²) in [5, 5.41) is 11.6. The second kappa shape index (κ2) is 6.21. The molecule has 1 aromatic heterocycles. The molecule has 2 rings (SSSR count). The summed E-state index contributed by atoms with van der Waals surface area (Å²) < 4.78 is 1.87. The van der Waals surface area contributed by atoms with E-state index < -0.39 is 5.97 Å². The van der Waals surface area contributed by atoms with Gasteiger partial charge in [-0.2, -0.15) is 0 Å². The Kier molecular flexibility index (Phi) is 4.38. The van der Waals surface area contributed by atoms with Gasteiger partial charge in [-0.15, -0.1) is 0 Å². The monoisotopic (exact) mass is 266 g/mol. The van der Waals surface area contributed by atoms with Crippen LogP contribution >= 0.6 is 0 Å². The first kappa shape index (κ1) is 13.4. The summed E-state index contributed by atoms with van der Waals surface area (Å²) in [6, 6.07) is -0.352. The third kappa shape index (κ3) is 3.70. The number of hydrogen-bond donors (Lipinski definition) is 2. The molecule has 0 radical (unpaired) electrons. The zero-order valence-corrected chi connectivity index (χ0v) is 10.7. The number of aromatic nitrogens is 2. The van der Waals surface area contributed by atoms with Crippen molar-refractivity contribution in [3.8, 4) is 0 Å². The highest BCUT2D eigenvalue weighted by atomic mass is 16.4. The Bertz CT molecular complexity index is 432. The molecule has 0 aliphatic carbocycles. The molecule has 1 aliphatic heterocycles. The highest BCUT2D eigenvalue weighted by Gasteiger charge is 2.29. The van der Waals surface area contributed by atoms with Gasteiger partial charge in [-0.3, -0.25) is 4.79 Å². The Hall–Kier alpha value is -2.05. The zero-order chi connectivity index (χ0) is 13.7. The van der Waals surface area contributed by atoms with Crippen molar-refractivity contribution in [2.24, 2.45) is 0 Å². The van der Waals surface area contributed by atoms with Gasteiger partial charge in [0.15, 0.2) is 0 Å². The maximum Gasteiger partial charge on any atom is 0.317 e. The molecular weight excluding hydrogens is 248 g/mol. The minimum absolute atomic E-state index is 0.0228. The topological polar surface area (TPSA) is 87.5 Å². The predicted octanol–water partition coefficient (Wildman–Crippen LogP) is 0.532. The SMILES string of the molecule is O=C(O)CC1CCCN1C(=O)NCCn1ccnc1. The summed E-state index contributed by atoms with van der Waals surface area (Å²) >= 11 is 0. The molecule has 2 amide bonds. The van der Waals surface area contributed by atoms with Crippen LogP contribution in [0, 0.1) is 0 Å². The molecule has 19 heavy (non-hydrogen) atoms. The molecule has 0 aromatic carbocycles. The van der Waals surface area contributed by atoms with Gasteiger partial charge < -0.3 is 19.9 Å². The average molecular weight is 266 g/mol. The molecule has 1 atom stereocenters. The zero-order valence-electron chi connectivity index (χ0n) is 10.7. The van der Waals surface area contributed by atoms with Crippen molar-refractivity contribution < 1.29 is 14.7 Å². The second-order valence-electron chi connectivity index (χ2n) is 4.62. The van der Waals surface area contributed by atoms with E-state index in [0.29, 0.717) is 19.6 Å². The molecule has 2 heterocycles. The van der Waals surface area contributed by atoms with E-state index in [1.807, 2.05) is 10.8 Å². The molecule has 104 valence electrons. The smallest absolute Gasteiger partial charge is 0.317 e. The number of aliphatic carboxylic acids is 1. The van der Waals surface area contributed by atoms with Crippen LogP contribution in [0.2, 0.25) is 0 Å². The quantitative estimate of drug-likeness (QED) is 0.814. The fourth-order valence-electron chi connectivity index (χ4n) is 2.33. The summed E-state index contributed by atoms with van der Waals surface area (Å²) in [5.41, 5.74) is 0. The Balaban J connectivity index is 1.77. The molecule has 2 N–H and O–H groups in total. The van der Waals surface area contributed by atoms with Crippen LogP contribution in [0.15, 0.2) is 18.7 Å². The predicted molar refractivity (Wildman–Crippen MR) is 67.6 cm³/mol. The number of likely N-dealkylation sites (tertiary alicyclic amines) is 1. The first-order chi connectivity index (χ1) is 9.16. The number of carbonyl (C=O) groups excluding carboxylic acids is 1. The second-order valence-corrected chi connectivity index (χ2v) is 4.62. The van der Waals surface area contributed by atoms with Crippen molar-refractivity contribution in [3.05, 3.63) is 18.7 Å². The molecule has 7 heteroatoms. The lowest BCUT2D eigenvalue weighted by molar-refractivity contribution is -0.137. The molecule has 1 unspecified atom stereocenters. The van der Waals surface area contributed by atoms with Crippen molar-refractivity contribution in [2.75, 3.05) is 13.1 Å². The summed E-state index contributed by atoms with van der Waals surface area (Å²) in [6.07, 6.45) is 6.86. The van der Waals surface area contributed by atoms with E-state index in [0.717, 1.165) is 12.8 Å². The summed E-state index contributed by atoms with van der Waals surface area (Å²) in [6.45, 7) is 1.80. The Morgan fingerprint density at radius 1 is 1.47 bits per heavy atom. The summed E-state index contributed by atoms with van der Waals surface area (Å²) in [7, 11) is 0. The highest BCUT2D eigenvalue weighted by molar-refractivity contribution is 5.76. The number of carboxylic acids is 1. The number of hydrogen-bond acceptors (Lipinski definition) is 3. The number of urea groups is 1. The van der Waals surface area contributed by atoms with Gasteiger partial charge in [-0.1, -0.05) is 0 Å². The van der Waals surface area contributed by atoms with Crippen LogP contribution in [-0.2, 0) is 11.3 Å². The lowest BCUT2D eigenvalue weighted by Crippen LogP contribution is -2.44. The molecule has 1 saturated heterocycles. The van der Waals surface area contributed by atoms with Crippen molar-refractivity contribution in [3.63, 3.8) is 0 Å². The van der Waals surface area contributed by atoms with E-state index in [1.54, 1.807) is 17.4 Å².